The fraction of sp³-hybridized carbons (Fsp3) is 0.596. The zero-order valence-corrected chi connectivity index (χ0v) is 40.3. The highest BCUT2D eigenvalue weighted by molar-refractivity contribution is 5.79. The average Bonchev–Trinajstić information content (AvgIpc) is 3.31. The smallest absolute Gasteiger partial charge is 0.306 e. The number of carbonyl (C=O) groups is 2. The van der Waals surface area contributed by atoms with Gasteiger partial charge in [-0.1, -0.05) is 76.2 Å². The van der Waals surface area contributed by atoms with Crippen LogP contribution in [0.4, 0.5) is 0 Å². The van der Waals surface area contributed by atoms with E-state index in [1.165, 1.54) is 95.6 Å². The van der Waals surface area contributed by atoms with Gasteiger partial charge in [-0.2, -0.15) is 0 Å². The average molecular weight is 873 g/mol. The second-order valence-corrected chi connectivity index (χ2v) is 16.4. The number of ether oxygens (including phenoxy) is 3. The quantitative estimate of drug-likeness (QED) is 0.0362. The molecule has 11 nitrogen and oxygen atoms in total. The second kappa shape index (κ2) is 35.2. The van der Waals surface area contributed by atoms with Crippen LogP contribution in [0.15, 0.2) is 77.8 Å². The number of benzene rings is 3. The Morgan fingerprint density at radius 3 is 1.25 bits per heavy atom. The van der Waals surface area contributed by atoms with E-state index in [1.807, 2.05) is 30.5 Å². The van der Waals surface area contributed by atoms with Gasteiger partial charge < -0.3 is 29.7 Å². The molecule has 0 bridgehead atoms. The standard InChI is InChI=1S/C30H45N3O3.C22H39N3O2/c1-5-18-32(19-6-2)20-7-8-21-33(22-17-30(34)36-4)25-28-11-9-26(10-12-28)23-31-24-27-13-15-29(35-3)16-14-27;1-4-13-24(14-5-2)15-6-7-16-25(17-12-22(26)27-3)19-21-10-8-20(18-23)9-11-21/h9-16,24H,5-8,17-23,25H2,1-4H3;8-11H,4-7,12-19,23H2,1-3H3. The number of unbranched alkanes of at least 4 members (excludes halogenated alkanes) is 2. The van der Waals surface area contributed by atoms with Crippen LogP contribution in [0.1, 0.15) is 120 Å². The number of methoxy groups -OCH3 is 3. The van der Waals surface area contributed by atoms with Crippen LogP contribution in [-0.4, -0.2) is 125 Å². The summed E-state index contributed by atoms with van der Waals surface area (Å²) < 4.78 is 14.9. The van der Waals surface area contributed by atoms with Crippen molar-refractivity contribution in [2.75, 3.05) is 86.8 Å². The Hall–Kier alpha value is -4.13. The van der Waals surface area contributed by atoms with Gasteiger partial charge in [0.1, 0.15) is 5.75 Å². The van der Waals surface area contributed by atoms with Crippen molar-refractivity contribution in [2.45, 2.75) is 118 Å². The molecule has 2 N–H and O–H groups in total. The number of hydrogen-bond donors (Lipinski definition) is 1. The third-order valence-electron chi connectivity index (χ3n) is 11.0. The summed E-state index contributed by atoms with van der Waals surface area (Å²) in [6.45, 7) is 22.4. The predicted molar refractivity (Wildman–Crippen MR) is 261 cm³/mol. The Morgan fingerprint density at radius 2 is 0.889 bits per heavy atom. The van der Waals surface area contributed by atoms with Crippen LogP contribution >= 0.6 is 0 Å². The highest BCUT2D eigenvalue weighted by Gasteiger charge is 2.12. The molecule has 0 saturated heterocycles. The van der Waals surface area contributed by atoms with Crippen molar-refractivity contribution < 1.29 is 23.8 Å². The largest absolute Gasteiger partial charge is 0.497 e. The number of hydrogen-bond acceptors (Lipinski definition) is 11. The lowest BCUT2D eigenvalue weighted by atomic mass is 10.1. The summed E-state index contributed by atoms with van der Waals surface area (Å²) in [4.78, 5) is 37.7. The van der Waals surface area contributed by atoms with Gasteiger partial charge >= 0.3 is 11.9 Å². The number of nitrogens with two attached hydrogens (primary N) is 1. The van der Waals surface area contributed by atoms with Crippen LogP contribution in [0, 0.1) is 0 Å². The molecule has 0 aliphatic rings. The van der Waals surface area contributed by atoms with E-state index in [-0.39, 0.29) is 11.9 Å². The fourth-order valence-electron chi connectivity index (χ4n) is 7.51. The molecule has 0 saturated carbocycles. The maximum absolute atomic E-state index is 11.7. The number of rotatable bonds is 33. The Kier molecular flexibility index (Phi) is 30.8. The van der Waals surface area contributed by atoms with Crippen molar-refractivity contribution in [2.24, 2.45) is 10.7 Å². The molecular formula is C52H84N6O5. The highest BCUT2D eigenvalue weighted by atomic mass is 16.5. The number of esters is 2. The minimum absolute atomic E-state index is 0.143. The van der Waals surface area contributed by atoms with Gasteiger partial charge in [-0.15, -0.1) is 0 Å². The summed E-state index contributed by atoms with van der Waals surface area (Å²) in [6, 6.07) is 25.0. The topological polar surface area (TPSA) is 113 Å². The summed E-state index contributed by atoms with van der Waals surface area (Å²) >= 11 is 0. The van der Waals surface area contributed by atoms with E-state index in [4.69, 9.17) is 19.9 Å². The van der Waals surface area contributed by atoms with E-state index < -0.39 is 0 Å². The van der Waals surface area contributed by atoms with Crippen molar-refractivity contribution >= 4 is 18.2 Å². The Labute approximate surface area is 382 Å². The lowest BCUT2D eigenvalue weighted by Gasteiger charge is -2.24. The molecule has 0 aromatic heterocycles. The Bertz CT molecular complexity index is 1610. The molecule has 3 aromatic carbocycles. The molecule has 0 amide bonds. The molecule has 0 radical (unpaired) electrons. The first-order chi connectivity index (χ1) is 30.7. The van der Waals surface area contributed by atoms with E-state index in [9.17, 15) is 9.59 Å². The first-order valence-electron chi connectivity index (χ1n) is 23.7. The number of aliphatic imine (C=N–C) groups is 1. The first kappa shape index (κ1) is 55.0. The maximum Gasteiger partial charge on any atom is 0.306 e. The van der Waals surface area contributed by atoms with E-state index >= 15 is 0 Å². The molecule has 3 rings (SSSR count). The highest BCUT2D eigenvalue weighted by Crippen LogP contribution is 2.14. The van der Waals surface area contributed by atoms with Gasteiger partial charge in [0, 0.05) is 38.9 Å². The molecule has 0 atom stereocenters. The number of carbonyl (C=O) groups excluding carboxylic acids is 2. The van der Waals surface area contributed by atoms with Crippen molar-refractivity contribution in [1.29, 1.82) is 0 Å². The monoisotopic (exact) mass is 873 g/mol. The molecule has 63 heavy (non-hydrogen) atoms. The number of nitrogens with zero attached hydrogens (tertiary/aromatic N) is 5. The van der Waals surface area contributed by atoms with Gasteiger partial charge in [0.2, 0.25) is 0 Å². The fourth-order valence-corrected chi connectivity index (χ4v) is 7.51. The van der Waals surface area contributed by atoms with Crippen LogP contribution in [0.5, 0.6) is 5.75 Å². The molecular weight excluding hydrogens is 789 g/mol. The summed E-state index contributed by atoms with van der Waals surface area (Å²) in [5.74, 6) is 0.552. The maximum atomic E-state index is 11.7. The third kappa shape index (κ3) is 25.7. The van der Waals surface area contributed by atoms with Gasteiger partial charge in [0.25, 0.3) is 0 Å². The van der Waals surface area contributed by atoms with Crippen LogP contribution in [0.25, 0.3) is 0 Å². The summed E-state index contributed by atoms with van der Waals surface area (Å²) in [7, 11) is 4.58. The van der Waals surface area contributed by atoms with Gasteiger partial charge in [-0.05, 0) is 156 Å². The third-order valence-corrected chi connectivity index (χ3v) is 11.0. The lowest BCUT2D eigenvalue weighted by Crippen LogP contribution is -2.29. The van der Waals surface area contributed by atoms with Crippen molar-refractivity contribution in [3.63, 3.8) is 0 Å². The summed E-state index contributed by atoms with van der Waals surface area (Å²) in [5, 5.41) is 0. The van der Waals surface area contributed by atoms with Crippen molar-refractivity contribution in [3.05, 3.63) is 101 Å². The molecule has 0 heterocycles. The normalized spacial score (nSPS) is 11.4. The van der Waals surface area contributed by atoms with Gasteiger partial charge in [0.05, 0.1) is 40.7 Å². The Balaban J connectivity index is 0.000000452. The van der Waals surface area contributed by atoms with E-state index in [1.54, 1.807) is 7.11 Å². The minimum Gasteiger partial charge on any atom is -0.497 e. The Morgan fingerprint density at radius 1 is 0.508 bits per heavy atom. The van der Waals surface area contributed by atoms with Gasteiger partial charge in [-0.25, -0.2) is 0 Å². The molecule has 0 unspecified atom stereocenters. The zero-order chi connectivity index (χ0) is 45.9. The van der Waals surface area contributed by atoms with Gasteiger partial charge in [0.15, 0.2) is 0 Å². The first-order valence-corrected chi connectivity index (χ1v) is 23.7. The van der Waals surface area contributed by atoms with Crippen LogP contribution in [0.3, 0.4) is 0 Å². The second-order valence-electron chi connectivity index (χ2n) is 16.4. The summed E-state index contributed by atoms with van der Waals surface area (Å²) in [5.41, 5.74) is 11.6. The predicted octanol–water partition coefficient (Wildman–Crippen LogP) is 8.99. The molecule has 11 heteroatoms. The summed E-state index contributed by atoms with van der Waals surface area (Å²) in [6.07, 6.45) is 12.2. The lowest BCUT2D eigenvalue weighted by molar-refractivity contribution is -0.141. The van der Waals surface area contributed by atoms with Crippen LogP contribution in [-0.2, 0) is 45.2 Å². The molecule has 0 aliphatic heterocycles. The van der Waals surface area contributed by atoms with Crippen molar-refractivity contribution in [1.82, 2.24) is 19.6 Å². The van der Waals surface area contributed by atoms with E-state index in [0.29, 0.717) is 32.5 Å². The molecule has 0 fully saturated rings. The SMILES string of the molecule is CCCN(CCC)CCCCN(CCC(=O)OC)Cc1ccc(CN)cc1.CCCN(CCC)CCCCN(CCC(=O)OC)Cc1ccc(CN=Cc2ccc(OC)cc2)cc1. The van der Waals surface area contributed by atoms with Crippen LogP contribution in [0.2, 0.25) is 0 Å². The minimum atomic E-state index is -0.151. The van der Waals surface area contributed by atoms with Crippen molar-refractivity contribution in [3.8, 4) is 5.75 Å². The van der Waals surface area contributed by atoms with Gasteiger partial charge in [-0.3, -0.25) is 24.4 Å². The van der Waals surface area contributed by atoms with E-state index in [0.717, 1.165) is 75.5 Å². The zero-order valence-electron chi connectivity index (χ0n) is 40.3. The van der Waals surface area contributed by atoms with E-state index in [2.05, 4.69) is 101 Å². The van der Waals surface area contributed by atoms with Crippen LogP contribution < -0.4 is 10.5 Å². The molecule has 3 aromatic rings. The molecule has 352 valence electrons. The molecule has 0 spiro atoms. The molecule has 0 aliphatic carbocycles.